The first-order valence-electron chi connectivity index (χ1n) is 22.6. The van der Waals surface area contributed by atoms with E-state index in [0.717, 1.165) is 29.9 Å². The molecule has 2 aliphatic carbocycles. The summed E-state index contributed by atoms with van der Waals surface area (Å²) < 4.78 is 5.16. The zero-order valence-electron chi connectivity index (χ0n) is 35.5. The van der Waals surface area contributed by atoms with Crippen molar-refractivity contribution in [3.8, 4) is 50.2 Å². The van der Waals surface area contributed by atoms with Crippen LogP contribution in [0.4, 0.5) is 17.1 Å². The minimum atomic E-state index is 1.01. The highest BCUT2D eigenvalue weighted by Crippen LogP contribution is 2.50. The molecule has 0 saturated carbocycles. The molecular formula is C62H40N2S. The van der Waals surface area contributed by atoms with Gasteiger partial charge in [-0.05, 0) is 128 Å². The number of anilines is 3. The third-order valence-corrected chi connectivity index (χ3v) is 15.1. The Hall–Kier alpha value is -7.98. The normalized spacial score (nSPS) is 12.7. The zero-order chi connectivity index (χ0) is 42.6. The van der Waals surface area contributed by atoms with Crippen LogP contribution in [0, 0.1) is 0 Å². The van der Waals surface area contributed by atoms with E-state index in [1.165, 1.54) is 114 Å². The topological polar surface area (TPSA) is 8.17 Å². The molecule has 0 spiro atoms. The molecule has 0 unspecified atom stereocenters. The Bertz CT molecular complexity index is 3940. The highest BCUT2D eigenvalue weighted by Gasteiger charge is 2.25. The third-order valence-electron chi connectivity index (χ3n) is 14.0. The second kappa shape index (κ2) is 14.3. The Kier molecular flexibility index (Phi) is 8.01. The largest absolute Gasteiger partial charge is 0.312 e. The second-order valence-electron chi connectivity index (χ2n) is 17.5. The molecule has 2 aromatic heterocycles. The molecule has 2 aliphatic rings. The quantitative estimate of drug-likeness (QED) is 0.162. The van der Waals surface area contributed by atoms with Crippen molar-refractivity contribution in [2.75, 3.05) is 4.90 Å². The minimum absolute atomic E-state index is 1.01. The Morgan fingerprint density at radius 3 is 1.97 bits per heavy atom. The molecule has 65 heavy (non-hydrogen) atoms. The molecule has 0 fully saturated rings. The molecule has 2 nitrogen and oxygen atoms in total. The van der Waals surface area contributed by atoms with Crippen molar-refractivity contribution < 1.29 is 0 Å². The van der Waals surface area contributed by atoms with Crippen LogP contribution in [0.5, 0.6) is 0 Å². The van der Waals surface area contributed by atoms with E-state index in [1.54, 1.807) is 0 Å². The van der Waals surface area contributed by atoms with E-state index >= 15 is 0 Å². The van der Waals surface area contributed by atoms with Crippen molar-refractivity contribution in [2.24, 2.45) is 0 Å². The number of benzene rings is 10. The molecule has 0 N–H and O–H groups in total. The lowest BCUT2D eigenvalue weighted by atomic mass is 9.93. The van der Waals surface area contributed by atoms with Gasteiger partial charge in [-0.3, -0.25) is 0 Å². The maximum Gasteiger partial charge on any atom is 0.0616 e. The van der Waals surface area contributed by atoms with Crippen molar-refractivity contribution in [1.82, 2.24) is 4.57 Å². The van der Waals surface area contributed by atoms with Crippen molar-refractivity contribution in [2.45, 2.75) is 12.8 Å². The monoisotopic (exact) mass is 844 g/mol. The Balaban J connectivity index is 0.925. The summed E-state index contributed by atoms with van der Waals surface area (Å²) in [6.07, 6.45) is 6.72. The van der Waals surface area contributed by atoms with Crippen LogP contribution < -0.4 is 4.90 Å². The van der Waals surface area contributed by atoms with Crippen LogP contribution >= 0.6 is 11.3 Å². The molecule has 2 heterocycles. The van der Waals surface area contributed by atoms with Gasteiger partial charge in [0.05, 0.1) is 5.52 Å². The van der Waals surface area contributed by atoms with Gasteiger partial charge in [0.25, 0.3) is 0 Å². The van der Waals surface area contributed by atoms with Crippen molar-refractivity contribution in [3.63, 3.8) is 0 Å². The first-order valence-corrected chi connectivity index (χ1v) is 23.4. The van der Waals surface area contributed by atoms with Crippen LogP contribution in [-0.2, 0) is 6.42 Å². The molecule has 0 aliphatic heterocycles. The van der Waals surface area contributed by atoms with Crippen LogP contribution in [0.25, 0.3) is 109 Å². The van der Waals surface area contributed by atoms with Crippen LogP contribution in [0.15, 0.2) is 212 Å². The van der Waals surface area contributed by atoms with Crippen molar-refractivity contribution in [1.29, 1.82) is 0 Å². The molecule has 0 atom stereocenters. The smallest absolute Gasteiger partial charge is 0.0616 e. The number of rotatable bonds is 6. The van der Waals surface area contributed by atoms with Gasteiger partial charge in [-0.2, -0.15) is 0 Å². The average molecular weight is 845 g/mol. The van der Waals surface area contributed by atoms with Crippen LogP contribution in [0.3, 0.4) is 0 Å². The van der Waals surface area contributed by atoms with Gasteiger partial charge in [0.1, 0.15) is 0 Å². The predicted octanol–water partition coefficient (Wildman–Crippen LogP) is 17.7. The van der Waals surface area contributed by atoms with Crippen LogP contribution in [-0.4, -0.2) is 4.57 Å². The van der Waals surface area contributed by atoms with Crippen LogP contribution in [0.1, 0.15) is 17.7 Å². The van der Waals surface area contributed by atoms with E-state index in [2.05, 4.69) is 228 Å². The number of hydrogen-bond acceptors (Lipinski definition) is 2. The average Bonchev–Trinajstić information content (AvgIpc) is 4.03. The molecule has 0 bridgehead atoms. The predicted molar refractivity (Wildman–Crippen MR) is 279 cm³/mol. The molecule has 3 heteroatoms. The van der Waals surface area contributed by atoms with E-state index in [9.17, 15) is 0 Å². The molecule has 304 valence electrons. The standard InChI is InChI=1S/C62H40N2S/c1-2-12-39(13-3-1)56-36-45(64-58-22-8-6-18-50(58)55-32-26-40-14-4-5-17-48(40)62(55)64)29-33-47(56)41-24-27-43(28-25-41)63(46-31-35-52-51-19-7-9-23-59(51)65-60(52)38-46)44-30-34-49-53-20-10-15-42-16-11-21-54(61(42)53)57(49)37-44/h1-7,9-21,23-38H,8,22H2. The third kappa shape index (κ3) is 5.59. The van der Waals surface area contributed by atoms with E-state index in [4.69, 9.17) is 0 Å². The lowest BCUT2D eigenvalue weighted by Gasteiger charge is -2.27. The highest BCUT2D eigenvalue weighted by molar-refractivity contribution is 7.25. The molecule has 14 rings (SSSR count). The first-order chi connectivity index (χ1) is 32.2. The Morgan fingerprint density at radius 2 is 1.09 bits per heavy atom. The maximum absolute atomic E-state index is 2.55. The summed E-state index contributed by atoms with van der Waals surface area (Å²) in [5, 5.41) is 9.12. The van der Waals surface area contributed by atoms with Gasteiger partial charge in [0.15, 0.2) is 0 Å². The highest BCUT2D eigenvalue weighted by atomic mass is 32.1. The number of allylic oxidation sites excluding steroid dienone is 1. The van der Waals surface area contributed by atoms with Crippen molar-refractivity contribution in [3.05, 3.63) is 224 Å². The summed E-state index contributed by atoms with van der Waals surface area (Å²) in [6.45, 7) is 0. The van der Waals surface area contributed by atoms with E-state index in [0.29, 0.717) is 0 Å². The van der Waals surface area contributed by atoms with E-state index in [1.807, 2.05) is 11.3 Å². The summed E-state index contributed by atoms with van der Waals surface area (Å²) >= 11 is 1.87. The summed E-state index contributed by atoms with van der Waals surface area (Å²) in [4.78, 5) is 2.44. The Labute approximate surface area is 381 Å². The number of aromatic nitrogens is 1. The molecule has 0 saturated heterocycles. The fourth-order valence-electron chi connectivity index (χ4n) is 11.1. The van der Waals surface area contributed by atoms with Gasteiger partial charge in [0, 0.05) is 65.0 Å². The van der Waals surface area contributed by atoms with Gasteiger partial charge in [-0.15, -0.1) is 11.3 Å². The fraction of sp³-hybridized carbons (Fsp3) is 0.0323. The first kappa shape index (κ1) is 36.5. The number of hydrogen-bond donors (Lipinski definition) is 0. The number of fused-ring (bicyclic) bond motifs is 11. The summed E-state index contributed by atoms with van der Waals surface area (Å²) in [5.41, 5.74) is 18.6. The van der Waals surface area contributed by atoms with Gasteiger partial charge in [-0.1, -0.05) is 164 Å². The maximum atomic E-state index is 2.55. The van der Waals surface area contributed by atoms with Crippen molar-refractivity contribution >= 4 is 87.1 Å². The lowest BCUT2D eigenvalue weighted by molar-refractivity contribution is 0.890. The van der Waals surface area contributed by atoms with Crippen LogP contribution in [0.2, 0.25) is 0 Å². The van der Waals surface area contributed by atoms with Gasteiger partial charge in [0.2, 0.25) is 0 Å². The van der Waals surface area contributed by atoms with E-state index < -0.39 is 0 Å². The molecule has 0 amide bonds. The summed E-state index contributed by atoms with van der Waals surface area (Å²) in [7, 11) is 0. The molecule has 10 aromatic carbocycles. The van der Waals surface area contributed by atoms with Gasteiger partial charge < -0.3 is 9.47 Å². The minimum Gasteiger partial charge on any atom is -0.312 e. The molecular weight excluding hydrogens is 805 g/mol. The fourth-order valence-corrected chi connectivity index (χ4v) is 12.2. The summed E-state index contributed by atoms with van der Waals surface area (Å²) in [6, 6.07) is 76.9. The Morgan fingerprint density at radius 1 is 0.415 bits per heavy atom. The lowest BCUT2D eigenvalue weighted by Crippen LogP contribution is -2.10. The number of thiophene rings is 1. The SMILES string of the molecule is C1=Cc2c(n(-c3ccc(-c4ccc(N(c5ccc6c(c5)-c5cccc7cccc-6c57)c5ccc6c(c5)sc5ccccc56)cc4)c(-c4ccccc4)c3)c3c2ccc2ccccc23)CC1. The van der Waals surface area contributed by atoms with Gasteiger partial charge >= 0.3 is 0 Å². The molecule has 12 aromatic rings. The summed E-state index contributed by atoms with van der Waals surface area (Å²) in [5.74, 6) is 0. The zero-order valence-corrected chi connectivity index (χ0v) is 36.3. The van der Waals surface area contributed by atoms with Gasteiger partial charge in [-0.25, -0.2) is 0 Å². The molecule has 0 radical (unpaired) electrons. The second-order valence-corrected chi connectivity index (χ2v) is 18.6. The van der Waals surface area contributed by atoms with E-state index in [-0.39, 0.29) is 0 Å². The number of nitrogens with zero attached hydrogens (tertiary/aromatic N) is 2.